The average Bonchev–Trinajstić information content (AvgIpc) is 2.63. The summed E-state index contributed by atoms with van der Waals surface area (Å²) in [6, 6.07) is 15.2. The summed E-state index contributed by atoms with van der Waals surface area (Å²) in [5, 5.41) is 15.2. The molecule has 0 bridgehead atoms. The zero-order chi connectivity index (χ0) is 18.5. The summed E-state index contributed by atoms with van der Waals surface area (Å²) in [6.07, 6.45) is 1.42. The lowest BCUT2D eigenvalue weighted by Gasteiger charge is -2.09. The molecule has 0 aliphatic rings. The molecule has 0 saturated heterocycles. The third-order valence-electron chi connectivity index (χ3n) is 3.64. The van der Waals surface area contributed by atoms with E-state index < -0.39 is 5.97 Å². The number of nitrogens with one attached hydrogen (secondary N) is 2. The summed E-state index contributed by atoms with van der Waals surface area (Å²) in [5.41, 5.74) is 2.37. The molecular weight excluding hydrogens is 332 g/mol. The van der Waals surface area contributed by atoms with Crippen molar-refractivity contribution < 1.29 is 14.7 Å². The van der Waals surface area contributed by atoms with Crippen LogP contribution in [0.25, 0.3) is 0 Å². The molecule has 130 valence electrons. The molecule has 0 atom stereocenters. The van der Waals surface area contributed by atoms with E-state index >= 15 is 0 Å². The van der Waals surface area contributed by atoms with Crippen molar-refractivity contribution in [3.05, 3.63) is 72.1 Å². The van der Waals surface area contributed by atoms with Crippen LogP contribution in [0, 0.1) is 0 Å². The average molecular weight is 348 g/mol. The van der Waals surface area contributed by atoms with Crippen LogP contribution >= 0.6 is 0 Å². The minimum absolute atomic E-state index is 0.0130. The summed E-state index contributed by atoms with van der Waals surface area (Å²) >= 11 is 0. The summed E-state index contributed by atoms with van der Waals surface area (Å²) in [5.74, 6) is 0.186. The molecule has 1 aromatic heterocycles. The molecule has 0 saturated carbocycles. The number of Topliss-reactive ketones (excluding diaryl/α,β-unsaturated/α-hetero) is 1. The molecule has 3 N–H and O–H groups in total. The maximum Gasteiger partial charge on any atom is 0.335 e. The maximum atomic E-state index is 11.3. The molecule has 26 heavy (non-hydrogen) atoms. The van der Waals surface area contributed by atoms with Crippen LogP contribution in [0.15, 0.2) is 60.9 Å². The summed E-state index contributed by atoms with van der Waals surface area (Å²) in [6.45, 7) is 1.52. The van der Waals surface area contributed by atoms with Gasteiger partial charge >= 0.3 is 5.97 Å². The Labute approximate surface area is 149 Å². The lowest BCUT2D eigenvalue weighted by Crippen LogP contribution is -2.00. The van der Waals surface area contributed by atoms with Gasteiger partial charge in [-0.15, -0.1) is 0 Å². The zero-order valence-corrected chi connectivity index (χ0v) is 13.9. The number of benzene rings is 2. The molecule has 0 spiro atoms. The molecule has 7 nitrogen and oxygen atoms in total. The van der Waals surface area contributed by atoms with Gasteiger partial charge in [-0.2, -0.15) is 0 Å². The highest BCUT2D eigenvalue weighted by Gasteiger charge is 2.04. The fraction of sp³-hybridized carbons (Fsp3) is 0.0526. The number of carbonyl (C=O) groups is 2. The highest BCUT2D eigenvalue weighted by atomic mass is 16.4. The fourth-order valence-electron chi connectivity index (χ4n) is 2.27. The number of carbonyl (C=O) groups excluding carboxylic acids is 1. The number of rotatable bonds is 6. The Bertz CT molecular complexity index is 863. The first kappa shape index (κ1) is 17.1. The predicted octanol–water partition coefficient (Wildman–Crippen LogP) is 3.86. The fourth-order valence-corrected chi connectivity index (χ4v) is 2.27. The normalized spacial score (nSPS) is 10.2. The van der Waals surface area contributed by atoms with E-state index in [1.54, 1.807) is 42.5 Å². The molecule has 0 amide bonds. The van der Waals surface area contributed by atoms with Crippen molar-refractivity contribution in [2.75, 3.05) is 10.6 Å². The van der Waals surface area contributed by atoms with E-state index in [9.17, 15) is 9.59 Å². The van der Waals surface area contributed by atoms with Crippen LogP contribution in [0.1, 0.15) is 27.6 Å². The number of aromatic carboxylic acids is 1. The van der Waals surface area contributed by atoms with E-state index in [-0.39, 0.29) is 11.3 Å². The van der Waals surface area contributed by atoms with Gasteiger partial charge in [0.1, 0.15) is 18.0 Å². The Morgan fingerprint density at radius 3 is 1.69 bits per heavy atom. The van der Waals surface area contributed by atoms with E-state index in [1.807, 2.05) is 0 Å². The number of nitrogens with zero attached hydrogens (tertiary/aromatic N) is 2. The summed E-state index contributed by atoms with van der Waals surface area (Å²) in [7, 11) is 0. The number of ketones is 1. The molecule has 0 radical (unpaired) electrons. The Morgan fingerprint density at radius 2 is 1.27 bits per heavy atom. The van der Waals surface area contributed by atoms with Gasteiger partial charge in [0.15, 0.2) is 5.78 Å². The van der Waals surface area contributed by atoms with E-state index in [1.165, 1.54) is 25.4 Å². The molecule has 2 aromatic carbocycles. The van der Waals surface area contributed by atoms with Crippen molar-refractivity contribution in [1.29, 1.82) is 0 Å². The first-order chi connectivity index (χ1) is 12.5. The third-order valence-corrected chi connectivity index (χ3v) is 3.64. The molecule has 0 aliphatic heterocycles. The van der Waals surface area contributed by atoms with E-state index in [0.29, 0.717) is 22.9 Å². The molecule has 0 aliphatic carbocycles. The number of hydrogen-bond donors (Lipinski definition) is 3. The summed E-state index contributed by atoms with van der Waals surface area (Å²) < 4.78 is 0. The molecule has 7 heteroatoms. The van der Waals surface area contributed by atoms with Crippen LogP contribution in [0.3, 0.4) is 0 Å². The third kappa shape index (κ3) is 4.21. The van der Waals surface area contributed by atoms with Crippen molar-refractivity contribution in [2.45, 2.75) is 6.92 Å². The van der Waals surface area contributed by atoms with Crippen LogP contribution in [0.4, 0.5) is 23.0 Å². The lowest BCUT2D eigenvalue weighted by atomic mass is 10.1. The molecule has 1 heterocycles. The topological polar surface area (TPSA) is 104 Å². The van der Waals surface area contributed by atoms with Gasteiger partial charge in [-0.3, -0.25) is 4.79 Å². The van der Waals surface area contributed by atoms with Crippen LogP contribution < -0.4 is 10.6 Å². The smallest absolute Gasteiger partial charge is 0.335 e. The number of carboxylic acid groups (broad SMARTS) is 1. The highest BCUT2D eigenvalue weighted by molar-refractivity contribution is 5.94. The predicted molar refractivity (Wildman–Crippen MR) is 98.4 cm³/mol. The van der Waals surface area contributed by atoms with Gasteiger partial charge in [-0.25, -0.2) is 14.8 Å². The summed E-state index contributed by atoms with van der Waals surface area (Å²) in [4.78, 5) is 30.5. The number of carboxylic acids is 1. The maximum absolute atomic E-state index is 11.3. The Kier molecular flexibility index (Phi) is 4.89. The molecule has 0 fully saturated rings. The number of hydrogen-bond acceptors (Lipinski definition) is 6. The molecule has 3 rings (SSSR count). The Balaban J connectivity index is 1.71. The van der Waals surface area contributed by atoms with Crippen molar-refractivity contribution in [3.8, 4) is 0 Å². The molecular formula is C19H16N4O3. The van der Waals surface area contributed by atoms with E-state index in [4.69, 9.17) is 5.11 Å². The number of anilines is 4. The van der Waals surface area contributed by atoms with Crippen molar-refractivity contribution in [1.82, 2.24) is 9.97 Å². The molecule has 0 unspecified atom stereocenters. The second-order valence-corrected chi connectivity index (χ2v) is 5.55. The highest BCUT2D eigenvalue weighted by Crippen LogP contribution is 2.20. The van der Waals surface area contributed by atoms with Gasteiger partial charge in [0.2, 0.25) is 0 Å². The quantitative estimate of drug-likeness (QED) is 0.581. The Hall–Kier alpha value is -3.74. The molecule has 3 aromatic rings. The van der Waals surface area contributed by atoms with Crippen molar-refractivity contribution >= 4 is 34.8 Å². The first-order valence-electron chi connectivity index (χ1n) is 7.82. The van der Waals surface area contributed by atoms with Gasteiger partial charge in [0, 0.05) is 23.0 Å². The van der Waals surface area contributed by atoms with Crippen molar-refractivity contribution in [2.24, 2.45) is 0 Å². The number of aromatic nitrogens is 2. The standard InChI is InChI=1S/C19H16N4O3/c1-12(24)13-2-6-15(7-3-13)22-17-10-18(21-11-20-17)23-16-8-4-14(5-9-16)19(25)26/h2-11H,1H3,(H,25,26)(H2,20,21,22,23). The lowest BCUT2D eigenvalue weighted by molar-refractivity contribution is 0.0696. The van der Waals surface area contributed by atoms with Gasteiger partial charge in [0.25, 0.3) is 0 Å². The first-order valence-corrected chi connectivity index (χ1v) is 7.82. The largest absolute Gasteiger partial charge is 0.478 e. The van der Waals surface area contributed by atoms with Crippen molar-refractivity contribution in [3.63, 3.8) is 0 Å². The van der Waals surface area contributed by atoms with Crippen LogP contribution in [-0.4, -0.2) is 26.8 Å². The van der Waals surface area contributed by atoms with Gasteiger partial charge < -0.3 is 15.7 Å². The second kappa shape index (κ2) is 7.43. The SMILES string of the molecule is CC(=O)c1ccc(Nc2cc(Nc3ccc(C(=O)O)cc3)ncn2)cc1. The van der Waals surface area contributed by atoms with E-state index in [0.717, 1.165) is 5.69 Å². The van der Waals surface area contributed by atoms with Crippen LogP contribution in [-0.2, 0) is 0 Å². The second-order valence-electron chi connectivity index (χ2n) is 5.55. The van der Waals surface area contributed by atoms with Crippen LogP contribution in [0.5, 0.6) is 0 Å². The van der Waals surface area contributed by atoms with Gasteiger partial charge in [-0.1, -0.05) is 0 Å². The van der Waals surface area contributed by atoms with Gasteiger partial charge in [0.05, 0.1) is 5.56 Å². The van der Waals surface area contributed by atoms with Gasteiger partial charge in [-0.05, 0) is 55.5 Å². The van der Waals surface area contributed by atoms with E-state index in [2.05, 4.69) is 20.6 Å². The minimum atomic E-state index is -0.971. The minimum Gasteiger partial charge on any atom is -0.478 e. The Morgan fingerprint density at radius 1 is 0.808 bits per heavy atom. The monoisotopic (exact) mass is 348 g/mol. The van der Waals surface area contributed by atoms with Crippen LogP contribution in [0.2, 0.25) is 0 Å². The zero-order valence-electron chi connectivity index (χ0n) is 13.9.